The molecular weight excluding hydrogens is 322 g/mol. The quantitative estimate of drug-likeness (QED) is 0.792. The molecule has 0 spiro atoms. The van der Waals surface area contributed by atoms with Crippen LogP contribution in [-0.4, -0.2) is 43.8 Å². The number of hydrogen-bond acceptors (Lipinski definition) is 3. The maximum absolute atomic E-state index is 12.6. The Balaban J connectivity index is 2.00. The summed E-state index contributed by atoms with van der Waals surface area (Å²) in [5, 5.41) is 0. The van der Waals surface area contributed by atoms with Gasteiger partial charge in [-0.15, -0.1) is 0 Å². The van der Waals surface area contributed by atoms with Crippen LogP contribution in [0, 0.1) is 0 Å². The number of amides is 1. The first-order valence-corrected chi connectivity index (χ1v) is 10.7. The van der Waals surface area contributed by atoms with E-state index in [-0.39, 0.29) is 17.7 Å². The molecule has 1 aromatic carbocycles. The van der Waals surface area contributed by atoms with E-state index in [9.17, 15) is 13.2 Å². The molecule has 132 valence electrons. The van der Waals surface area contributed by atoms with Crippen molar-refractivity contribution in [1.82, 2.24) is 4.90 Å². The minimum absolute atomic E-state index is 0.0725. The van der Waals surface area contributed by atoms with Crippen LogP contribution >= 0.6 is 0 Å². The van der Waals surface area contributed by atoms with Crippen LogP contribution in [0.2, 0.25) is 0 Å². The number of carbonyl (C=O) groups excluding carboxylic acids is 1. The minimum atomic E-state index is -3.00. The van der Waals surface area contributed by atoms with E-state index >= 15 is 0 Å². The van der Waals surface area contributed by atoms with Crippen molar-refractivity contribution in [2.45, 2.75) is 44.6 Å². The SMILES string of the molecule is CS(=O)(=O)CCCC(=O)N1CCCCCC1C=Cc1ccccc1. The largest absolute Gasteiger partial charge is 0.336 e. The number of rotatable bonds is 6. The zero-order valence-corrected chi connectivity index (χ0v) is 15.2. The van der Waals surface area contributed by atoms with E-state index in [1.165, 1.54) is 6.26 Å². The summed E-state index contributed by atoms with van der Waals surface area (Å²) in [6.45, 7) is 0.765. The molecule has 1 aliphatic heterocycles. The molecule has 1 amide bonds. The van der Waals surface area contributed by atoms with Crippen LogP contribution in [0.1, 0.15) is 44.1 Å². The van der Waals surface area contributed by atoms with E-state index in [1.54, 1.807) is 0 Å². The molecular formula is C19H27NO3S. The highest BCUT2D eigenvalue weighted by Gasteiger charge is 2.23. The lowest BCUT2D eigenvalue weighted by Crippen LogP contribution is -2.39. The molecule has 1 fully saturated rings. The summed E-state index contributed by atoms with van der Waals surface area (Å²) in [7, 11) is -3.00. The van der Waals surface area contributed by atoms with Crippen molar-refractivity contribution < 1.29 is 13.2 Å². The second-order valence-corrected chi connectivity index (χ2v) is 8.77. The van der Waals surface area contributed by atoms with Crippen molar-refractivity contribution >= 4 is 21.8 Å². The first kappa shape index (κ1) is 18.7. The predicted octanol–water partition coefficient (Wildman–Crippen LogP) is 3.30. The number of benzene rings is 1. The third-order valence-electron chi connectivity index (χ3n) is 4.34. The van der Waals surface area contributed by atoms with E-state index < -0.39 is 9.84 Å². The Morgan fingerprint density at radius 2 is 1.96 bits per heavy atom. The van der Waals surface area contributed by atoms with Gasteiger partial charge in [0.05, 0.1) is 11.8 Å². The first-order chi connectivity index (χ1) is 11.5. The van der Waals surface area contributed by atoms with Crippen molar-refractivity contribution in [3.8, 4) is 0 Å². The fourth-order valence-electron chi connectivity index (χ4n) is 3.06. The lowest BCUT2D eigenvalue weighted by molar-refractivity contribution is -0.132. The molecule has 1 atom stereocenters. The summed E-state index contributed by atoms with van der Waals surface area (Å²) in [4.78, 5) is 14.5. The second-order valence-electron chi connectivity index (χ2n) is 6.51. The molecule has 0 aliphatic carbocycles. The van der Waals surface area contributed by atoms with Gasteiger partial charge in [0.15, 0.2) is 0 Å². The van der Waals surface area contributed by atoms with Crippen LogP contribution in [-0.2, 0) is 14.6 Å². The molecule has 0 bridgehead atoms. The van der Waals surface area contributed by atoms with Crippen LogP contribution in [0.15, 0.2) is 36.4 Å². The second kappa shape index (κ2) is 9.02. The summed E-state index contributed by atoms with van der Waals surface area (Å²) >= 11 is 0. The van der Waals surface area contributed by atoms with Gasteiger partial charge in [-0.05, 0) is 24.8 Å². The Labute approximate surface area is 145 Å². The van der Waals surface area contributed by atoms with Crippen LogP contribution < -0.4 is 0 Å². The monoisotopic (exact) mass is 349 g/mol. The molecule has 0 N–H and O–H groups in total. The number of nitrogens with zero attached hydrogens (tertiary/aromatic N) is 1. The fourth-order valence-corrected chi connectivity index (χ4v) is 3.73. The Morgan fingerprint density at radius 3 is 2.67 bits per heavy atom. The van der Waals surface area contributed by atoms with Crippen molar-refractivity contribution in [3.05, 3.63) is 42.0 Å². The smallest absolute Gasteiger partial charge is 0.223 e. The van der Waals surface area contributed by atoms with E-state index in [2.05, 4.69) is 12.2 Å². The van der Waals surface area contributed by atoms with Gasteiger partial charge in [0.25, 0.3) is 0 Å². The van der Waals surface area contributed by atoms with Crippen LogP contribution in [0.3, 0.4) is 0 Å². The molecule has 24 heavy (non-hydrogen) atoms. The molecule has 1 heterocycles. The average molecular weight is 349 g/mol. The summed E-state index contributed by atoms with van der Waals surface area (Å²) < 4.78 is 22.5. The number of hydrogen-bond donors (Lipinski definition) is 0. The lowest BCUT2D eigenvalue weighted by atomic mass is 10.1. The molecule has 0 saturated carbocycles. The molecule has 0 radical (unpaired) electrons. The summed E-state index contributed by atoms with van der Waals surface area (Å²) in [5.74, 6) is 0.153. The normalized spacial score (nSPS) is 19.4. The molecule has 1 unspecified atom stereocenters. The summed E-state index contributed by atoms with van der Waals surface area (Å²) in [6.07, 6.45) is 10.4. The van der Waals surface area contributed by atoms with E-state index in [4.69, 9.17) is 0 Å². The molecule has 5 heteroatoms. The molecule has 1 aromatic rings. The van der Waals surface area contributed by atoms with Crippen LogP contribution in [0.5, 0.6) is 0 Å². The van der Waals surface area contributed by atoms with Gasteiger partial charge in [-0.3, -0.25) is 4.79 Å². The van der Waals surface area contributed by atoms with Gasteiger partial charge in [-0.25, -0.2) is 8.42 Å². The van der Waals surface area contributed by atoms with Gasteiger partial charge in [0.1, 0.15) is 9.84 Å². The number of likely N-dealkylation sites (tertiary alicyclic amines) is 1. The highest BCUT2D eigenvalue weighted by atomic mass is 32.2. The van der Waals surface area contributed by atoms with Crippen molar-refractivity contribution in [3.63, 3.8) is 0 Å². The van der Waals surface area contributed by atoms with Crippen LogP contribution in [0.25, 0.3) is 6.08 Å². The standard InChI is InChI=1S/C19H27NO3S/c1-24(22,23)16-8-12-19(21)20-15-7-3-6-11-18(20)14-13-17-9-4-2-5-10-17/h2,4-5,9-10,13-14,18H,3,6-8,11-12,15-16H2,1H3. The molecule has 2 rings (SSSR count). The fraction of sp³-hybridized carbons (Fsp3) is 0.526. The van der Waals surface area contributed by atoms with Crippen molar-refractivity contribution in [2.24, 2.45) is 0 Å². The maximum atomic E-state index is 12.6. The zero-order chi connectivity index (χ0) is 17.4. The first-order valence-electron chi connectivity index (χ1n) is 8.66. The summed E-state index contributed by atoms with van der Waals surface area (Å²) in [5.41, 5.74) is 1.13. The van der Waals surface area contributed by atoms with Gasteiger partial charge in [-0.1, -0.05) is 55.3 Å². The highest BCUT2D eigenvalue weighted by Crippen LogP contribution is 2.20. The van der Waals surface area contributed by atoms with E-state index in [0.29, 0.717) is 12.8 Å². The topological polar surface area (TPSA) is 54.5 Å². The Morgan fingerprint density at radius 1 is 1.21 bits per heavy atom. The third kappa shape index (κ3) is 6.48. The van der Waals surface area contributed by atoms with Gasteiger partial charge in [0.2, 0.25) is 5.91 Å². The highest BCUT2D eigenvalue weighted by molar-refractivity contribution is 7.90. The predicted molar refractivity (Wildman–Crippen MR) is 98.4 cm³/mol. The molecule has 0 aromatic heterocycles. The van der Waals surface area contributed by atoms with E-state index in [1.807, 2.05) is 35.2 Å². The Kier molecular flexibility index (Phi) is 7.03. The molecule has 1 aliphatic rings. The Hall–Kier alpha value is -1.62. The Bertz CT molecular complexity index is 652. The molecule has 1 saturated heterocycles. The van der Waals surface area contributed by atoms with Crippen molar-refractivity contribution in [1.29, 1.82) is 0 Å². The van der Waals surface area contributed by atoms with Crippen LogP contribution in [0.4, 0.5) is 0 Å². The van der Waals surface area contributed by atoms with Gasteiger partial charge < -0.3 is 4.90 Å². The van der Waals surface area contributed by atoms with Gasteiger partial charge >= 0.3 is 0 Å². The van der Waals surface area contributed by atoms with Gasteiger partial charge in [-0.2, -0.15) is 0 Å². The third-order valence-corrected chi connectivity index (χ3v) is 5.37. The number of carbonyl (C=O) groups is 1. The minimum Gasteiger partial charge on any atom is -0.336 e. The summed E-state index contributed by atoms with van der Waals surface area (Å²) in [6, 6.07) is 10.2. The lowest BCUT2D eigenvalue weighted by Gasteiger charge is -2.28. The number of sulfone groups is 1. The average Bonchev–Trinajstić information content (AvgIpc) is 2.78. The zero-order valence-electron chi connectivity index (χ0n) is 14.4. The maximum Gasteiger partial charge on any atom is 0.223 e. The van der Waals surface area contributed by atoms with Gasteiger partial charge in [0, 0.05) is 19.2 Å². The van der Waals surface area contributed by atoms with Crippen molar-refractivity contribution in [2.75, 3.05) is 18.6 Å². The molecule has 4 nitrogen and oxygen atoms in total. The van der Waals surface area contributed by atoms with E-state index in [0.717, 1.165) is 37.8 Å².